The van der Waals surface area contributed by atoms with Crippen LogP contribution in [0.5, 0.6) is 5.75 Å². The van der Waals surface area contributed by atoms with Gasteiger partial charge in [-0.05, 0) is 30.4 Å². The molecule has 1 aliphatic rings. The fourth-order valence-corrected chi connectivity index (χ4v) is 4.47. The molecule has 0 amide bonds. The predicted octanol–water partition coefficient (Wildman–Crippen LogP) is 1.22. The number of benzene rings is 1. The van der Waals surface area contributed by atoms with Gasteiger partial charge in [0.2, 0.25) is 10.0 Å². The molecule has 1 aliphatic heterocycles. The maximum Gasteiger partial charge on any atom is 0.339 e. The van der Waals surface area contributed by atoms with Crippen molar-refractivity contribution in [2.75, 3.05) is 24.6 Å². The molecule has 0 atom stereocenters. The second-order valence-electron chi connectivity index (χ2n) is 4.35. The summed E-state index contributed by atoms with van der Waals surface area (Å²) < 4.78 is 26.3. The molecular formula is C12H15NO5S2. The van der Waals surface area contributed by atoms with E-state index in [1.165, 1.54) is 10.4 Å². The molecule has 0 spiro atoms. The summed E-state index contributed by atoms with van der Waals surface area (Å²) in [6.45, 7) is 0.842. The molecule has 110 valence electrons. The lowest BCUT2D eigenvalue weighted by molar-refractivity contribution is 0.0693. The zero-order valence-electron chi connectivity index (χ0n) is 10.7. The third-order valence-electron chi connectivity index (χ3n) is 3.02. The number of hydrogen-bond acceptors (Lipinski definition) is 5. The first-order valence-electron chi connectivity index (χ1n) is 6.07. The quantitative estimate of drug-likeness (QED) is 0.870. The molecule has 2 rings (SSSR count). The fraction of sp³-hybridized carbons (Fsp3) is 0.417. The number of nitrogens with zero attached hydrogens (tertiary/aromatic N) is 1. The van der Waals surface area contributed by atoms with Crippen molar-refractivity contribution in [2.45, 2.75) is 11.3 Å². The second kappa shape index (κ2) is 6.02. The van der Waals surface area contributed by atoms with Crippen molar-refractivity contribution >= 4 is 27.8 Å². The van der Waals surface area contributed by atoms with Crippen molar-refractivity contribution in [3.8, 4) is 5.75 Å². The Bertz CT molecular complexity index is 606. The summed E-state index contributed by atoms with van der Waals surface area (Å²) in [5.74, 6) is -0.153. The van der Waals surface area contributed by atoms with Crippen LogP contribution >= 0.6 is 11.8 Å². The molecule has 20 heavy (non-hydrogen) atoms. The largest absolute Gasteiger partial charge is 0.507 e. The van der Waals surface area contributed by atoms with Gasteiger partial charge in [0.15, 0.2) is 0 Å². The van der Waals surface area contributed by atoms with E-state index in [1.807, 2.05) is 0 Å². The second-order valence-corrected chi connectivity index (χ2v) is 7.52. The standard InChI is InChI=1S/C12H15NO5S2/c14-11-3-2-9(8-10(11)12(15)16)20(17,18)13-4-1-6-19-7-5-13/h2-3,8,14H,1,4-7H2,(H,15,16). The highest BCUT2D eigenvalue weighted by Gasteiger charge is 2.26. The molecule has 0 radical (unpaired) electrons. The number of rotatable bonds is 3. The molecule has 0 aliphatic carbocycles. The topological polar surface area (TPSA) is 94.9 Å². The first-order valence-corrected chi connectivity index (χ1v) is 8.66. The minimum atomic E-state index is -3.71. The number of carboxylic acid groups (broad SMARTS) is 1. The van der Waals surface area contributed by atoms with E-state index < -0.39 is 27.3 Å². The smallest absolute Gasteiger partial charge is 0.339 e. The fourth-order valence-electron chi connectivity index (χ4n) is 1.96. The molecule has 8 heteroatoms. The normalized spacial score (nSPS) is 17.6. The van der Waals surface area contributed by atoms with E-state index in [0.29, 0.717) is 13.1 Å². The highest BCUT2D eigenvalue weighted by Crippen LogP contribution is 2.25. The Labute approximate surface area is 121 Å². The summed E-state index contributed by atoms with van der Waals surface area (Å²) >= 11 is 1.70. The van der Waals surface area contributed by atoms with Gasteiger partial charge in [-0.1, -0.05) is 0 Å². The third kappa shape index (κ3) is 3.08. The first kappa shape index (κ1) is 15.1. The van der Waals surface area contributed by atoms with Gasteiger partial charge in [-0.3, -0.25) is 0 Å². The van der Waals surface area contributed by atoms with Crippen LogP contribution in [0, 0.1) is 0 Å². The Morgan fingerprint density at radius 2 is 2.00 bits per heavy atom. The van der Waals surface area contributed by atoms with Crippen LogP contribution in [-0.2, 0) is 10.0 Å². The number of hydrogen-bond donors (Lipinski definition) is 2. The maximum atomic E-state index is 12.5. The Hall–Kier alpha value is -1.25. The van der Waals surface area contributed by atoms with Gasteiger partial charge in [0.1, 0.15) is 11.3 Å². The predicted molar refractivity (Wildman–Crippen MR) is 75.8 cm³/mol. The summed E-state index contributed by atoms with van der Waals surface area (Å²) in [5, 5.41) is 18.4. The number of phenols is 1. The highest BCUT2D eigenvalue weighted by molar-refractivity contribution is 7.99. The molecule has 0 unspecified atom stereocenters. The monoisotopic (exact) mass is 317 g/mol. The molecular weight excluding hydrogens is 302 g/mol. The molecule has 1 saturated heterocycles. The van der Waals surface area contributed by atoms with E-state index in [0.717, 1.165) is 30.1 Å². The van der Waals surface area contributed by atoms with Crippen molar-refractivity contribution in [1.29, 1.82) is 0 Å². The Balaban J connectivity index is 2.38. The van der Waals surface area contributed by atoms with Crippen molar-refractivity contribution < 1.29 is 23.4 Å². The van der Waals surface area contributed by atoms with Gasteiger partial charge >= 0.3 is 5.97 Å². The first-order chi connectivity index (χ1) is 9.43. The van der Waals surface area contributed by atoms with Crippen LogP contribution in [0.15, 0.2) is 23.1 Å². The summed E-state index contributed by atoms with van der Waals surface area (Å²) in [5.41, 5.74) is -0.407. The lowest BCUT2D eigenvalue weighted by atomic mass is 10.2. The summed E-state index contributed by atoms with van der Waals surface area (Å²) in [7, 11) is -3.71. The van der Waals surface area contributed by atoms with Gasteiger partial charge < -0.3 is 10.2 Å². The molecule has 0 saturated carbocycles. The molecule has 0 aromatic heterocycles. The van der Waals surface area contributed by atoms with Crippen LogP contribution < -0.4 is 0 Å². The van der Waals surface area contributed by atoms with Crippen molar-refractivity contribution in [3.05, 3.63) is 23.8 Å². The minimum Gasteiger partial charge on any atom is -0.507 e. The number of carboxylic acids is 1. The number of aromatic carboxylic acids is 1. The minimum absolute atomic E-state index is 0.0976. The van der Waals surface area contributed by atoms with Crippen LogP contribution in [0.4, 0.5) is 0 Å². The van der Waals surface area contributed by atoms with Crippen molar-refractivity contribution in [3.63, 3.8) is 0 Å². The van der Waals surface area contributed by atoms with Crippen LogP contribution in [0.1, 0.15) is 16.8 Å². The number of sulfonamides is 1. The molecule has 1 heterocycles. The maximum absolute atomic E-state index is 12.5. The molecule has 1 fully saturated rings. The average Bonchev–Trinajstić information content (AvgIpc) is 2.67. The van der Waals surface area contributed by atoms with E-state index >= 15 is 0 Å². The number of carbonyl (C=O) groups is 1. The zero-order chi connectivity index (χ0) is 14.8. The zero-order valence-corrected chi connectivity index (χ0v) is 12.3. The molecule has 2 N–H and O–H groups in total. The van der Waals surface area contributed by atoms with Gasteiger partial charge in [-0.2, -0.15) is 16.1 Å². The van der Waals surface area contributed by atoms with E-state index in [1.54, 1.807) is 11.8 Å². The lowest BCUT2D eigenvalue weighted by Crippen LogP contribution is -2.33. The third-order valence-corrected chi connectivity index (χ3v) is 5.96. The number of aromatic hydroxyl groups is 1. The molecule has 0 bridgehead atoms. The summed E-state index contributed by atoms with van der Waals surface area (Å²) in [4.78, 5) is 10.9. The molecule has 1 aromatic rings. The van der Waals surface area contributed by atoms with Crippen molar-refractivity contribution in [1.82, 2.24) is 4.31 Å². The van der Waals surface area contributed by atoms with E-state index in [2.05, 4.69) is 0 Å². The Morgan fingerprint density at radius 1 is 1.25 bits per heavy atom. The molecule has 1 aromatic carbocycles. The molecule has 6 nitrogen and oxygen atoms in total. The van der Waals surface area contributed by atoms with Gasteiger partial charge in [-0.15, -0.1) is 0 Å². The van der Waals surface area contributed by atoms with Crippen LogP contribution in [0.3, 0.4) is 0 Å². The Morgan fingerprint density at radius 3 is 2.70 bits per heavy atom. The number of thioether (sulfide) groups is 1. The van der Waals surface area contributed by atoms with E-state index in [-0.39, 0.29) is 4.90 Å². The van der Waals surface area contributed by atoms with Crippen LogP contribution in [0.2, 0.25) is 0 Å². The SMILES string of the molecule is O=C(O)c1cc(S(=O)(=O)N2CCCSCC2)ccc1O. The summed E-state index contributed by atoms with van der Waals surface area (Å²) in [6.07, 6.45) is 0.772. The van der Waals surface area contributed by atoms with Crippen molar-refractivity contribution in [2.24, 2.45) is 0 Å². The van der Waals surface area contributed by atoms with Gasteiger partial charge in [0.25, 0.3) is 0 Å². The lowest BCUT2D eigenvalue weighted by Gasteiger charge is -2.19. The Kier molecular flexibility index (Phi) is 4.56. The van der Waals surface area contributed by atoms with Gasteiger partial charge in [-0.25, -0.2) is 13.2 Å². The van der Waals surface area contributed by atoms with Gasteiger partial charge in [0, 0.05) is 18.8 Å². The van der Waals surface area contributed by atoms with E-state index in [4.69, 9.17) is 5.11 Å². The highest BCUT2D eigenvalue weighted by atomic mass is 32.2. The average molecular weight is 317 g/mol. The van der Waals surface area contributed by atoms with Crippen LogP contribution in [-0.4, -0.2) is 53.5 Å². The van der Waals surface area contributed by atoms with Gasteiger partial charge in [0.05, 0.1) is 4.90 Å². The van der Waals surface area contributed by atoms with Crippen LogP contribution in [0.25, 0.3) is 0 Å². The summed E-state index contributed by atoms with van der Waals surface area (Å²) in [6, 6.07) is 3.34. The van der Waals surface area contributed by atoms with E-state index in [9.17, 15) is 18.3 Å².